The largest absolute Gasteiger partial charge is 0.401 e. The van der Waals surface area contributed by atoms with Crippen LogP contribution >= 0.6 is 0 Å². The van der Waals surface area contributed by atoms with Gasteiger partial charge < -0.3 is 15.6 Å². The summed E-state index contributed by atoms with van der Waals surface area (Å²) in [5.41, 5.74) is 1.89. The van der Waals surface area contributed by atoms with Crippen LogP contribution in [0.3, 0.4) is 0 Å². The molecule has 1 aromatic heterocycles. The van der Waals surface area contributed by atoms with Crippen molar-refractivity contribution in [3.8, 4) is 0 Å². The molecule has 0 atom stereocenters. The van der Waals surface area contributed by atoms with Gasteiger partial charge in [-0.25, -0.2) is 4.39 Å². The quantitative estimate of drug-likeness (QED) is 0.262. The van der Waals surface area contributed by atoms with Crippen molar-refractivity contribution in [2.24, 2.45) is 4.99 Å². The molecular formula is C19H27F4N5. The average Bonchev–Trinajstić information content (AvgIpc) is 2.99. The predicted octanol–water partition coefficient (Wildman–Crippen LogP) is 3.29. The van der Waals surface area contributed by atoms with E-state index in [-0.39, 0.29) is 5.82 Å². The predicted molar refractivity (Wildman–Crippen MR) is 104 cm³/mol. The van der Waals surface area contributed by atoms with Crippen LogP contribution in [0.2, 0.25) is 0 Å². The Morgan fingerprint density at radius 2 is 2.04 bits per heavy atom. The Hall–Kier alpha value is -2.29. The molecule has 3 N–H and O–H groups in total. The molecule has 9 heteroatoms. The number of rotatable bonds is 9. The molecule has 0 radical (unpaired) electrons. The Morgan fingerprint density at radius 1 is 1.25 bits per heavy atom. The first-order chi connectivity index (χ1) is 13.3. The smallest absolute Gasteiger partial charge is 0.361 e. The molecule has 28 heavy (non-hydrogen) atoms. The van der Waals surface area contributed by atoms with Gasteiger partial charge in [0, 0.05) is 36.7 Å². The second-order valence-corrected chi connectivity index (χ2v) is 6.65. The minimum absolute atomic E-state index is 0.272. The van der Waals surface area contributed by atoms with Gasteiger partial charge in [0.2, 0.25) is 0 Å². The van der Waals surface area contributed by atoms with Crippen LogP contribution in [0.1, 0.15) is 18.9 Å². The summed E-state index contributed by atoms with van der Waals surface area (Å²) in [4.78, 5) is 8.76. The van der Waals surface area contributed by atoms with Crippen LogP contribution in [0.4, 0.5) is 17.6 Å². The molecule has 0 saturated heterocycles. The van der Waals surface area contributed by atoms with Crippen molar-refractivity contribution >= 4 is 16.9 Å². The van der Waals surface area contributed by atoms with E-state index in [0.29, 0.717) is 45.0 Å². The van der Waals surface area contributed by atoms with Gasteiger partial charge in [0.15, 0.2) is 5.96 Å². The number of H-pyrrole nitrogens is 1. The molecule has 5 nitrogen and oxygen atoms in total. The molecule has 0 aliphatic heterocycles. The highest BCUT2D eigenvalue weighted by atomic mass is 19.4. The third kappa shape index (κ3) is 7.38. The van der Waals surface area contributed by atoms with Crippen molar-refractivity contribution in [2.75, 3.05) is 39.8 Å². The number of aliphatic imine (C=N–C) groups is 1. The Morgan fingerprint density at radius 3 is 2.75 bits per heavy atom. The summed E-state index contributed by atoms with van der Waals surface area (Å²) in [6.07, 6.45) is -1.10. The lowest BCUT2D eigenvalue weighted by molar-refractivity contribution is -0.143. The van der Waals surface area contributed by atoms with Crippen LogP contribution in [0, 0.1) is 5.82 Å². The highest BCUT2D eigenvalue weighted by Crippen LogP contribution is 2.19. The van der Waals surface area contributed by atoms with Gasteiger partial charge in [-0.1, -0.05) is 0 Å². The van der Waals surface area contributed by atoms with Crippen LogP contribution in [-0.2, 0) is 6.42 Å². The van der Waals surface area contributed by atoms with Gasteiger partial charge >= 0.3 is 6.18 Å². The first-order valence-corrected chi connectivity index (χ1v) is 9.31. The number of hydrogen-bond acceptors (Lipinski definition) is 2. The number of nitrogens with zero attached hydrogens (tertiary/aromatic N) is 2. The number of nitrogens with one attached hydrogen (secondary N) is 3. The standard InChI is InChI=1S/C19H27F4N5/c1-3-24-18(25-8-4-10-28(2)13-19(21,22)23)26-9-7-14-12-27-17-6-5-15(20)11-16(14)17/h5-6,11-12,27H,3-4,7-10,13H2,1-2H3,(H2,24,25,26). The first-order valence-electron chi connectivity index (χ1n) is 9.31. The Kier molecular flexibility index (Phi) is 8.10. The fourth-order valence-corrected chi connectivity index (χ4v) is 2.93. The third-order valence-electron chi connectivity index (χ3n) is 4.18. The molecule has 156 valence electrons. The summed E-state index contributed by atoms with van der Waals surface area (Å²) in [5.74, 6) is 0.346. The number of benzene rings is 1. The fourth-order valence-electron chi connectivity index (χ4n) is 2.93. The third-order valence-corrected chi connectivity index (χ3v) is 4.18. The number of fused-ring (bicyclic) bond motifs is 1. The molecule has 2 rings (SSSR count). The lowest BCUT2D eigenvalue weighted by Crippen LogP contribution is -2.38. The summed E-state index contributed by atoms with van der Waals surface area (Å²) < 4.78 is 50.4. The Labute approximate surface area is 162 Å². The molecule has 0 bridgehead atoms. The normalized spacial score (nSPS) is 12.8. The number of aromatic nitrogens is 1. The van der Waals surface area contributed by atoms with E-state index in [2.05, 4.69) is 20.6 Å². The zero-order valence-corrected chi connectivity index (χ0v) is 16.2. The van der Waals surface area contributed by atoms with Crippen molar-refractivity contribution in [1.29, 1.82) is 0 Å². The van der Waals surface area contributed by atoms with Gasteiger partial charge in [-0.15, -0.1) is 0 Å². The fraction of sp³-hybridized carbons (Fsp3) is 0.526. The Bertz CT molecular complexity index is 769. The highest BCUT2D eigenvalue weighted by molar-refractivity contribution is 5.83. The van der Waals surface area contributed by atoms with E-state index in [1.807, 2.05) is 13.1 Å². The van der Waals surface area contributed by atoms with E-state index in [4.69, 9.17) is 0 Å². The van der Waals surface area contributed by atoms with Gasteiger partial charge in [-0.2, -0.15) is 13.2 Å². The number of alkyl halides is 3. The summed E-state index contributed by atoms with van der Waals surface area (Å²) in [6.45, 7) is 3.05. The van der Waals surface area contributed by atoms with Gasteiger partial charge in [-0.3, -0.25) is 9.89 Å². The minimum atomic E-state index is -4.18. The summed E-state index contributed by atoms with van der Waals surface area (Å²) in [6, 6.07) is 4.64. The van der Waals surface area contributed by atoms with Crippen LogP contribution in [0.15, 0.2) is 29.4 Å². The molecule has 0 unspecified atom stereocenters. The molecule has 0 saturated carbocycles. The molecular weight excluding hydrogens is 374 g/mol. The summed E-state index contributed by atoms with van der Waals surface area (Å²) >= 11 is 0. The monoisotopic (exact) mass is 401 g/mol. The molecule has 0 fully saturated rings. The van der Waals surface area contributed by atoms with E-state index in [9.17, 15) is 17.6 Å². The van der Waals surface area contributed by atoms with E-state index < -0.39 is 12.7 Å². The van der Waals surface area contributed by atoms with E-state index in [0.717, 1.165) is 16.5 Å². The van der Waals surface area contributed by atoms with Gasteiger partial charge in [0.05, 0.1) is 6.54 Å². The number of aromatic amines is 1. The van der Waals surface area contributed by atoms with Crippen molar-refractivity contribution in [3.05, 3.63) is 35.8 Å². The number of guanidine groups is 1. The molecule has 2 aromatic rings. The van der Waals surface area contributed by atoms with Crippen LogP contribution in [0.5, 0.6) is 0 Å². The molecule has 1 aromatic carbocycles. The first kappa shape index (κ1) is 22.0. The van der Waals surface area contributed by atoms with Crippen molar-refractivity contribution in [2.45, 2.75) is 25.9 Å². The average molecular weight is 401 g/mol. The van der Waals surface area contributed by atoms with Gasteiger partial charge in [0.25, 0.3) is 0 Å². The van der Waals surface area contributed by atoms with Gasteiger partial charge in [-0.05, 0) is 57.1 Å². The zero-order chi connectivity index (χ0) is 20.6. The Balaban J connectivity index is 1.80. The van der Waals surface area contributed by atoms with Crippen LogP contribution in [-0.4, -0.2) is 61.8 Å². The maximum atomic E-state index is 13.4. The van der Waals surface area contributed by atoms with E-state index in [1.165, 1.54) is 24.1 Å². The SMILES string of the molecule is CCNC(=NCCCN(C)CC(F)(F)F)NCCc1c[nH]c2ccc(F)cc12. The topological polar surface area (TPSA) is 55.5 Å². The second kappa shape index (κ2) is 10.3. The molecule has 1 heterocycles. The van der Waals surface area contributed by atoms with Crippen LogP contribution in [0.25, 0.3) is 10.9 Å². The van der Waals surface area contributed by atoms with Crippen molar-refractivity contribution in [1.82, 2.24) is 20.5 Å². The van der Waals surface area contributed by atoms with Crippen molar-refractivity contribution in [3.63, 3.8) is 0 Å². The van der Waals surface area contributed by atoms with Crippen molar-refractivity contribution < 1.29 is 17.6 Å². The van der Waals surface area contributed by atoms with Crippen LogP contribution < -0.4 is 10.6 Å². The number of halogens is 4. The lowest BCUT2D eigenvalue weighted by atomic mass is 10.1. The highest BCUT2D eigenvalue weighted by Gasteiger charge is 2.28. The van der Waals surface area contributed by atoms with E-state index >= 15 is 0 Å². The summed E-state index contributed by atoms with van der Waals surface area (Å²) in [7, 11) is 1.45. The lowest BCUT2D eigenvalue weighted by Gasteiger charge is -2.18. The molecule has 0 aliphatic carbocycles. The number of hydrogen-bond donors (Lipinski definition) is 3. The second-order valence-electron chi connectivity index (χ2n) is 6.65. The maximum Gasteiger partial charge on any atom is 0.401 e. The molecule has 0 aliphatic rings. The van der Waals surface area contributed by atoms with E-state index in [1.54, 1.807) is 6.07 Å². The maximum absolute atomic E-state index is 13.4. The minimum Gasteiger partial charge on any atom is -0.361 e. The zero-order valence-electron chi connectivity index (χ0n) is 16.2. The van der Waals surface area contributed by atoms with Gasteiger partial charge in [0.1, 0.15) is 5.82 Å². The molecule has 0 amide bonds. The summed E-state index contributed by atoms with van der Waals surface area (Å²) in [5, 5.41) is 7.17. The molecule has 0 spiro atoms.